The molecule has 0 saturated heterocycles. The minimum absolute atomic E-state index is 0.0901. The van der Waals surface area contributed by atoms with Crippen molar-refractivity contribution in [2.24, 2.45) is 0 Å². The van der Waals surface area contributed by atoms with Gasteiger partial charge < -0.3 is 0 Å². The first-order valence-electron chi connectivity index (χ1n) is 5.06. The Hall–Kier alpha value is -1.16. The maximum atomic E-state index is 12.1. The summed E-state index contributed by atoms with van der Waals surface area (Å²) in [6, 6.07) is 17.2. The molecule has 1 nitrogen and oxygen atoms in total. The normalized spacial score (nSPS) is 10.1. The molecule has 0 unspecified atom stereocenters. The topological polar surface area (TPSA) is 17.1 Å². The highest BCUT2D eigenvalue weighted by Crippen LogP contribution is 2.13. The molecular formula is C14H11IO. The third kappa shape index (κ3) is 2.50. The summed E-state index contributed by atoms with van der Waals surface area (Å²) in [4.78, 5) is 12.1. The van der Waals surface area contributed by atoms with Gasteiger partial charge in [0.2, 0.25) is 0 Å². The molecule has 0 atom stereocenters. The Kier molecular flexibility index (Phi) is 3.72. The van der Waals surface area contributed by atoms with E-state index in [4.69, 9.17) is 0 Å². The van der Waals surface area contributed by atoms with Crippen molar-refractivity contribution >= 4 is 28.4 Å². The number of rotatable bonds is 3. The molecular weight excluding hydrogens is 311 g/mol. The number of halogens is 1. The van der Waals surface area contributed by atoms with Crippen LogP contribution >= 0.6 is 22.6 Å². The molecule has 0 aromatic heterocycles. The van der Waals surface area contributed by atoms with E-state index < -0.39 is 0 Å². The van der Waals surface area contributed by atoms with Gasteiger partial charge in [-0.1, -0.05) is 71.1 Å². The summed E-state index contributed by atoms with van der Waals surface area (Å²) in [6.07, 6.45) is 0. The van der Waals surface area contributed by atoms with Crippen molar-refractivity contribution in [3.8, 4) is 0 Å². The van der Waals surface area contributed by atoms with Crippen molar-refractivity contribution in [1.82, 2.24) is 0 Å². The van der Waals surface area contributed by atoms with Crippen molar-refractivity contribution in [2.75, 3.05) is 0 Å². The molecule has 2 heteroatoms. The molecule has 0 saturated carbocycles. The maximum absolute atomic E-state index is 12.1. The molecule has 0 bridgehead atoms. The van der Waals surface area contributed by atoms with Crippen molar-refractivity contribution in [1.29, 1.82) is 0 Å². The van der Waals surface area contributed by atoms with Gasteiger partial charge in [0, 0.05) is 15.6 Å². The molecule has 0 heterocycles. The van der Waals surface area contributed by atoms with Gasteiger partial charge in [-0.3, -0.25) is 4.79 Å². The van der Waals surface area contributed by atoms with E-state index in [0.29, 0.717) is 0 Å². The van der Waals surface area contributed by atoms with Gasteiger partial charge in [-0.2, -0.15) is 0 Å². The fourth-order valence-electron chi connectivity index (χ4n) is 1.55. The largest absolute Gasteiger partial charge is 0.289 e. The number of hydrogen-bond donors (Lipinski definition) is 0. The summed E-state index contributed by atoms with van der Waals surface area (Å²) in [5.41, 5.74) is 2.69. The van der Waals surface area contributed by atoms with Gasteiger partial charge in [-0.05, 0) is 11.6 Å². The molecule has 16 heavy (non-hydrogen) atoms. The molecule has 2 rings (SSSR count). The number of hydrogen-bond acceptors (Lipinski definition) is 1. The zero-order valence-electron chi connectivity index (χ0n) is 8.69. The summed E-state index contributed by atoms with van der Waals surface area (Å²) < 4.78 is 0.924. The average Bonchev–Trinajstić information content (AvgIpc) is 2.39. The van der Waals surface area contributed by atoms with Crippen molar-refractivity contribution in [3.05, 3.63) is 71.3 Å². The maximum Gasteiger partial charge on any atom is 0.193 e. The summed E-state index contributed by atoms with van der Waals surface area (Å²) in [5.74, 6) is 0.0901. The Bertz CT molecular complexity index is 491. The third-order valence-corrected chi connectivity index (χ3v) is 3.26. The Labute approximate surface area is 109 Å². The number of carbonyl (C=O) groups excluding carboxylic acids is 1. The van der Waals surface area contributed by atoms with Crippen LogP contribution in [0.4, 0.5) is 0 Å². The van der Waals surface area contributed by atoms with Crippen LogP contribution in [-0.4, -0.2) is 5.78 Å². The van der Waals surface area contributed by atoms with Gasteiger partial charge in [0.1, 0.15) is 0 Å². The second-order valence-corrected chi connectivity index (χ2v) is 4.29. The van der Waals surface area contributed by atoms with Crippen LogP contribution < -0.4 is 0 Å². The molecule has 0 aliphatic heterocycles. The highest BCUT2D eigenvalue weighted by atomic mass is 127. The van der Waals surface area contributed by atoms with Crippen LogP contribution in [0.25, 0.3) is 0 Å². The minimum Gasteiger partial charge on any atom is -0.289 e. The van der Waals surface area contributed by atoms with Gasteiger partial charge in [-0.25, -0.2) is 0 Å². The van der Waals surface area contributed by atoms with Crippen LogP contribution in [0.3, 0.4) is 0 Å². The molecule has 80 valence electrons. The van der Waals surface area contributed by atoms with Crippen molar-refractivity contribution < 1.29 is 4.79 Å². The average molecular weight is 322 g/mol. The summed E-state index contributed by atoms with van der Waals surface area (Å²) in [7, 11) is 0. The first kappa shape index (κ1) is 11.3. The second kappa shape index (κ2) is 5.25. The lowest BCUT2D eigenvalue weighted by atomic mass is 10.0. The lowest BCUT2D eigenvalue weighted by Gasteiger charge is -2.02. The van der Waals surface area contributed by atoms with Crippen LogP contribution in [0.1, 0.15) is 21.5 Å². The van der Waals surface area contributed by atoms with E-state index in [-0.39, 0.29) is 5.78 Å². The Morgan fingerprint density at radius 3 is 2.31 bits per heavy atom. The van der Waals surface area contributed by atoms with E-state index in [9.17, 15) is 4.79 Å². The summed E-state index contributed by atoms with van der Waals surface area (Å²) in [6.45, 7) is 0. The van der Waals surface area contributed by atoms with Crippen LogP contribution in [0.5, 0.6) is 0 Å². The van der Waals surface area contributed by atoms with Gasteiger partial charge >= 0.3 is 0 Å². The molecule has 0 fully saturated rings. The molecule has 0 aliphatic carbocycles. The Balaban J connectivity index is 2.34. The molecule has 2 aromatic rings. The van der Waals surface area contributed by atoms with Crippen LogP contribution in [0.2, 0.25) is 0 Å². The fourth-order valence-corrected chi connectivity index (χ4v) is 2.03. The van der Waals surface area contributed by atoms with Crippen LogP contribution in [-0.2, 0) is 4.43 Å². The van der Waals surface area contributed by atoms with E-state index in [0.717, 1.165) is 15.6 Å². The van der Waals surface area contributed by atoms with Crippen molar-refractivity contribution in [2.45, 2.75) is 4.43 Å². The zero-order valence-corrected chi connectivity index (χ0v) is 10.8. The van der Waals surface area contributed by atoms with Gasteiger partial charge in [0.25, 0.3) is 0 Å². The standard InChI is InChI=1S/C14H11IO/c15-10-11-5-4-8-13(9-11)14(16)12-6-2-1-3-7-12/h1-9H,10H2. The molecule has 0 amide bonds. The zero-order chi connectivity index (χ0) is 11.4. The lowest BCUT2D eigenvalue weighted by Crippen LogP contribution is -2.01. The highest BCUT2D eigenvalue weighted by molar-refractivity contribution is 14.1. The quantitative estimate of drug-likeness (QED) is 0.476. The number of carbonyl (C=O) groups is 1. The molecule has 2 aromatic carbocycles. The first-order valence-corrected chi connectivity index (χ1v) is 6.58. The first-order chi connectivity index (χ1) is 7.81. The number of alkyl halides is 1. The smallest absolute Gasteiger partial charge is 0.193 e. The van der Waals surface area contributed by atoms with E-state index in [2.05, 4.69) is 22.6 Å². The van der Waals surface area contributed by atoms with Crippen LogP contribution in [0, 0.1) is 0 Å². The van der Waals surface area contributed by atoms with Crippen LogP contribution in [0.15, 0.2) is 54.6 Å². The Morgan fingerprint density at radius 2 is 1.62 bits per heavy atom. The van der Waals surface area contributed by atoms with Crippen molar-refractivity contribution in [3.63, 3.8) is 0 Å². The summed E-state index contributed by atoms with van der Waals surface area (Å²) in [5, 5.41) is 0. The predicted molar refractivity (Wildman–Crippen MR) is 74.0 cm³/mol. The molecule has 0 N–H and O–H groups in total. The second-order valence-electron chi connectivity index (χ2n) is 3.53. The highest BCUT2D eigenvalue weighted by Gasteiger charge is 2.08. The molecule has 0 aliphatic rings. The number of ketones is 1. The lowest BCUT2D eigenvalue weighted by molar-refractivity contribution is 0.103. The molecule has 0 radical (unpaired) electrons. The van der Waals surface area contributed by atoms with Gasteiger partial charge in [-0.15, -0.1) is 0 Å². The summed E-state index contributed by atoms with van der Waals surface area (Å²) >= 11 is 2.30. The monoisotopic (exact) mass is 322 g/mol. The molecule has 0 spiro atoms. The van der Waals surface area contributed by atoms with E-state index in [1.54, 1.807) is 0 Å². The predicted octanol–water partition coefficient (Wildman–Crippen LogP) is 3.85. The van der Waals surface area contributed by atoms with Gasteiger partial charge in [0.15, 0.2) is 5.78 Å². The Morgan fingerprint density at radius 1 is 0.938 bits per heavy atom. The van der Waals surface area contributed by atoms with Gasteiger partial charge in [0.05, 0.1) is 0 Å². The third-order valence-electron chi connectivity index (χ3n) is 2.38. The SMILES string of the molecule is O=C(c1ccccc1)c1cccc(CI)c1. The fraction of sp³-hybridized carbons (Fsp3) is 0.0714. The van der Waals surface area contributed by atoms with E-state index in [1.165, 1.54) is 5.56 Å². The van der Waals surface area contributed by atoms with E-state index >= 15 is 0 Å². The van der Waals surface area contributed by atoms with E-state index in [1.807, 2.05) is 54.6 Å². The minimum atomic E-state index is 0.0901. The number of benzene rings is 2.